The van der Waals surface area contributed by atoms with Gasteiger partial charge in [0, 0.05) is 42.2 Å². The van der Waals surface area contributed by atoms with Crippen molar-refractivity contribution in [3.8, 4) is 5.88 Å². The van der Waals surface area contributed by atoms with Crippen molar-refractivity contribution in [1.29, 1.82) is 0 Å². The monoisotopic (exact) mass is 526 g/mol. The molecule has 0 aliphatic heterocycles. The zero-order valence-electron chi connectivity index (χ0n) is 22.8. The Morgan fingerprint density at radius 1 is 0.949 bits per heavy atom. The van der Waals surface area contributed by atoms with Crippen LogP contribution in [0.2, 0.25) is 0 Å². The number of rotatable bonds is 10. The van der Waals surface area contributed by atoms with Gasteiger partial charge in [-0.05, 0) is 49.5 Å². The fourth-order valence-electron chi connectivity index (χ4n) is 4.51. The summed E-state index contributed by atoms with van der Waals surface area (Å²) in [4.78, 5) is 36.5. The van der Waals surface area contributed by atoms with Gasteiger partial charge in [0.05, 0.1) is 29.6 Å². The summed E-state index contributed by atoms with van der Waals surface area (Å²) in [6.45, 7) is 6.76. The van der Waals surface area contributed by atoms with Gasteiger partial charge in [0.1, 0.15) is 0 Å². The minimum atomic E-state index is -0.457. The Bertz CT molecular complexity index is 1470. The third kappa shape index (κ3) is 6.18. The molecule has 0 radical (unpaired) electrons. The molecule has 0 aliphatic rings. The summed E-state index contributed by atoms with van der Waals surface area (Å²) in [7, 11) is 3.11. The number of anilines is 1. The van der Waals surface area contributed by atoms with Gasteiger partial charge in [-0.2, -0.15) is 0 Å². The van der Waals surface area contributed by atoms with Crippen LogP contribution >= 0.6 is 0 Å². The summed E-state index contributed by atoms with van der Waals surface area (Å²) >= 11 is 0. The van der Waals surface area contributed by atoms with E-state index in [0.29, 0.717) is 34.5 Å². The third-order valence-electron chi connectivity index (χ3n) is 6.87. The Hall–Kier alpha value is -4.43. The summed E-state index contributed by atoms with van der Waals surface area (Å²) in [6.07, 6.45) is 0.452. The lowest BCUT2D eigenvalue weighted by molar-refractivity contribution is -0.118. The second-order valence-electron chi connectivity index (χ2n) is 9.17. The van der Waals surface area contributed by atoms with E-state index in [1.807, 2.05) is 54.6 Å². The quantitative estimate of drug-likeness (QED) is 0.209. The van der Waals surface area contributed by atoms with Crippen molar-refractivity contribution < 1.29 is 19.4 Å². The molecule has 0 saturated heterocycles. The topological polar surface area (TPSA) is 98.2 Å². The smallest absolute Gasteiger partial charge is 0.337 e. The van der Waals surface area contributed by atoms with Crippen molar-refractivity contribution in [2.75, 3.05) is 38.7 Å². The van der Waals surface area contributed by atoms with Crippen molar-refractivity contribution >= 4 is 39.9 Å². The fourth-order valence-corrected chi connectivity index (χ4v) is 4.51. The average molecular weight is 527 g/mol. The third-order valence-corrected chi connectivity index (χ3v) is 6.87. The number of benzene rings is 3. The van der Waals surface area contributed by atoms with Crippen molar-refractivity contribution in [1.82, 2.24) is 9.88 Å². The Morgan fingerprint density at radius 2 is 1.64 bits per heavy atom. The average Bonchev–Trinajstić information content (AvgIpc) is 3.30. The molecule has 1 aromatic heterocycles. The van der Waals surface area contributed by atoms with E-state index in [-0.39, 0.29) is 11.8 Å². The number of aliphatic imine (C=N–C) groups is 1. The molecular weight excluding hydrogens is 492 g/mol. The van der Waals surface area contributed by atoms with Crippen LogP contribution in [-0.4, -0.2) is 66.4 Å². The van der Waals surface area contributed by atoms with Gasteiger partial charge in [-0.1, -0.05) is 50.2 Å². The lowest BCUT2D eigenvalue weighted by Gasteiger charge is -2.21. The van der Waals surface area contributed by atoms with E-state index in [4.69, 9.17) is 9.73 Å². The molecule has 0 atom stereocenters. The first-order chi connectivity index (χ1) is 18.9. The van der Waals surface area contributed by atoms with E-state index in [9.17, 15) is 14.7 Å². The summed E-state index contributed by atoms with van der Waals surface area (Å²) in [5.74, 6) is -0.455. The van der Waals surface area contributed by atoms with Crippen molar-refractivity contribution in [2.24, 2.45) is 4.99 Å². The number of aromatic amines is 1. The molecule has 2 N–H and O–H groups in total. The van der Waals surface area contributed by atoms with Crippen LogP contribution in [0.4, 0.5) is 11.4 Å². The molecule has 4 aromatic rings. The summed E-state index contributed by atoms with van der Waals surface area (Å²) < 4.78 is 4.83. The van der Waals surface area contributed by atoms with E-state index in [1.54, 1.807) is 30.1 Å². The van der Waals surface area contributed by atoms with Gasteiger partial charge in [0.25, 0.3) is 0 Å². The molecule has 0 aliphatic carbocycles. The lowest BCUT2D eigenvalue weighted by atomic mass is 10.00. The molecule has 0 bridgehead atoms. The summed E-state index contributed by atoms with van der Waals surface area (Å²) in [5, 5.41) is 11.7. The highest BCUT2D eigenvalue weighted by atomic mass is 16.5. The molecule has 1 amide bonds. The highest BCUT2D eigenvalue weighted by molar-refractivity contribution is 6.22. The molecular formula is C31H34N4O4. The predicted molar refractivity (Wildman–Crippen MR) is 155 cm³/mol. The van der Waals surface area contributed by atoms with E-state index >= 15 is 0 Å². The van der Waals surface area contributed by atoms with Crippen LogP contribution in [0.1, 0.15) is 41.8 Å². The molecule has 1 heterocycles. The molecule has 8 nitrogen and oxygen atoms in total. The van der Waals surface area contributed by atoms with Crippen LogP contribution in [0.15, 0.2) is 77.8 Å². The largest absolute Gasteiger partial charge is 0.494 e. The number of esters is 1. The molecule has 4 rings (SSSR count). The minimum absolute atomic E-state index is 0.0511. The van der Waals surface area contributed by atoms with Crippen molar-refractivity contribution in [3.05, 3.63) is 89.5 Å². The number of nitrogens with one attached hydrogen (secondary N) is 1. The molecule has 202 valence electrons. The fraction of sp³-hybridized carbons (Fsp3) is 0.258. The Labute approximate surface area is 228 Å². The maximum absolute atomic E-state index is 12.7. The van der Waals surface area contributed by atoms with Crippen LogP contribution in [0.3, 0.4) is 0 Å². The van der Waals surface area contributed by atoms with Crippen LogP contribution in [-0.2, 0) is 9.53 Å². The van der Waals surface area contributed by atoms with E-state index in [2.05, 4.69) is 23.7 Å². The minimum Gasteiger partial charge on any atom is -0.494 e. The maximum atomic E-state index is 12.7. The van der Waals surface area contributed by atoms with Gasteiger partial charge in [-0.25, -0.2) is 9.79 Å². The first-order valence-corrected chi connectivity index (χ1v) is 13.0. The number of hydrogen-bond acceptors (Lipinski definition) is 6. The molecule has 39 heavy (non-hydrogen) atoms. The van der Waals surface area contributed by atoms with E-state index in [0.717, 1.165) is 36.3 Å². The highest BCUT2D eigenvalue weighted by Gasteiger charge is 2.20. The van der Waals surface area contributed by atoms with Gasteiger partial charge in [0.2, 0.25) is 5.91 Å². The van der Waals surface area contributed by atoms with Crippen LogP contribution in [0, 0.1) is 0 Å². The van der Waals surface area contributed by atoms with Gasteiger partial charge < -0.3 is 24.6 Å². The second-order valence-corrected chi connectivity index (χ2v) is 9.17. The van der Waals surface area contributed by atoms with Gasteiger partial charge in [-0.15, -0.1) is 0 Å². The molecule has 3 aromatic carbocycles. The molecule has 0 spiro atoms. The van der Waals surface area contributed by atoms with Gasteiger partial charge >= 0.3 is 5.97 Å². The summed E-state index contributed by atoms with van der Waals surface area (Å²) in [6, 6.07) is 22.1. The zero-order valence-corrected chi connectivity index (χ0v) is 22.8. The number of nitrogens with zero attached hydrogens (tertiary/aromatic N) is 3. The summed E-state index contributed by atoms with van der Waals surface area (Å²) in [5.41, 5.74) is 4.34. The van der Waals surface area contributed by atoms with Crippen LogP contribution in [0.5, 0.6) is 5.88 Å². The van der Waals surface area contributed by atoms with Crippen LogP contribution in [0.25, 0.3) is 10.9 Å². The number of H-pyrrole nitrogens is 1. The standard InChI is InChI=1S/C31H34N4O4/c1-5-35(6-2)19-18-27(36)34(3)24-15-13-23(14-16-24)32-29(21-10-8-7-9-11-21)28-25-17-12-22(31(38)39-4)20-26(25)33-30(28)37/h7-17,20,33,37H,5-6,18-19H2,1-4H3. The first kappa shape index (κ1) is 27.6. The molecule has 0 fully saturated rings. The lowest BCUT2D eigenvalue weighted by Crippen LogP contribution is -2.32. The highest BCUT2D eigenvalue weighted by Crippen LogP contribution is 2.32. The first-order valence-electron chi connectivity index (χ1n) is 13.0. The molecule has 0 unspecified atom stereocenters. The van der Waals surface area contributed by atoms with Crippen LogP contribution < -0.4 is 4.90 Å². The maximum Gasteiger partial charge on any atom is 0.337 e. The number of aromatic nitrogens is 1. The predicted octanol–water partition coefficient (Wildman–Crippen LogP) is 5.52. The molecule has 8 heteroatoms. The number of fused-ring (bicyclic) bond motifs is 1. The Balaban J connectivity index is 1.68. The van der Waals surface area contributed by atoms with Gasteiger partial charge in [-0.3, -0.25) is 4.79 Å². The number of carbonyl (C=O) groups is 2. The molecule has 0 saturated carbocycles. The van der Waals surface area contributed by atoms with Crippen molar-refractivity contribution in [2.45, 2.75) is 20.3 Å². The Kier molecular flexibility index (Phi) is 8.78. The number of hydrogen-bond donors (Lipinski definition) is 2. The number of methoxy groups -OCH3 is 1. The number of amides is 1. The Morgan fingerprint density at radius 3 is 2.28 bits per heavy atom. The zero-order chi connectivity index (χ0) is 27.9. The normalized spacial score (nSPS) is 11.7. The number of aromatic hydroxyl groups is 1. The van der Waals surface area contributed by atoms with E-state index < -0.39 is 5.97 Å². The van der Waals surface area contributed by atoms with E-state index in [1.165, 1.54) is 7.11 Å². The van der Waals surface area contributed by atoms with Gasteiger partial charge in [0.15, 0.2) is 5.88 Å². The number of ether oxygens (including phenoxy) is 1. The number of carbonyl (C=O) groups excluding carboxylic acids is 2. The second kappa shape index (κ2) is 12.4. The van der Waals surface area contributed by atoms with Crippen molar-refractivity contribution in [3.63, 3.8) is 0 Å². The SMILES string of the molecule is CCN(CC)CCC(=O)N(C)c1ccc(N=C(c2ccccc2)c2c(O)[nH]c3cc(C(=O)OC)ccc23)cc1.